The Hall–Kier alpha value is -2.49. The van der Waals surface area contributed by atoms with Crippen LogP contribution in [0, 0.1) is 0 Å². The molecule has 2 aromatic carbocycles. The average Bonchev–Trinajstić information content (AvgIpc) is 3.45. The van der Waals surface area contributed by atoms with Gasteiger partial charge in [0.15, 0.2) is 0 Å². The number of nitrogens with zero attached hydrogens (tertiary/aromatic N) is 1. The second-order valence-corrected chi connectivity index (χ2v) is 9.24. The summed E-state index contributed by atoms with van der Waals surface area (Å²) in [5, 5.41) is 7.08. The Morgan fingerprint density at radius 1 is 1.16 bits per heavy atom. The van der Waals surface area contributed by atoms with Gasteiger partial charge < -0.3 is 10.1 Å². The highest BCUT2D eigenvalue weighted by Crippen LogP contribution is 2.33. The van der Waals surface area contributed by atoms with E-state index >= 15 is 0 Å². The molecule has 9 heteroatoms. The number of rotatable bonds is 7. The lowest BCUT2D eigenvalue weighted by Crippen LogP contribution is -2.39. The van der Waals surface area contributed by atoms with Crippen LogP contribution in [0.25, 0.3) is 0 Å². The number of thiophene rings is 1. The minimum atomic E-state index is -4.42. The summed E-state index contributed by atoms with van der Waals surface area (Å²) < 4.78 is 46.2. The molecule has 0 spiro atoms. The van der Waals surface area contributed by atoms with Crippen molar-refractivity contribution < 1.29 is 22.7 Å². The molecule has 1 aliphatic rings. The Morgan fingerprint density at radius 2 is 1.97 bits per heavy atom. The summed E-state index contributed by atoms with van der Waals surface area (Å²) in [6.07, 6.45) is -2.61. The number of benzene rings is 2. The quantitative estimate of drug-likeness (QED) is 0.402. The number of carbonyl (C=O) groups excluding carboxylic acids is 1. The topological polar surface area (TPSA) is 41.6 Å². The van der Waals surface area contributed by atoms with Crippen molar-refractivity contribution in [2.75, 3.05) is 6.54 Å². The maximum Gasteiger partial charge on any atom is 0.416 e. The zero-order valence-corrected chi connectivity index (χ0v) is 18.6. The highest BCUT2D eigenvalue weighted by atomic mass is 32.2. The molecule has 168 valence electrons. The molecule has 1 atom stereocenters. The van der Waals surface area contributed by atoms with Crippen molar-refractivity contribution in [1.82, 2.24) is 9.62 Å². The molecule has 4 rings (SSSR count). The van der Waals surface area contributed by atoms with Crippen LogP contribution in [0.15, 0.2) is 70.3 Å². The van der Waals surface area contributed by atoms with Gasteiger partial charge in [-0.3, -0.25) is 4.79 Å². The molecule has 1 N–H and O–H groups in total. The van der Waals surface area contributed by atoms with E-state index < -0.39 is 11.7 Å². The first-order valence-corrected chi connectivity index (χ1v) is 11.8. The van der Waals surface area contributed by atoms with Crippen LogP contribution >= 0.6 is 23.3 Å². The Balaban J connectivity index is 1.30. The Labute approximate surface area is 192 Å². The smallest absolute Gasteiger partial charge is 0.416 e. The summed E-state index contributed by atoms with van der Waals surface area (Å²) in [6, 6.07) is 13.6. The summed E-state index contributed by atoms with van der Waals surface area (Å²) in [5.74, 6) is 0.536. The van der Waals surface area contributed by atoms with Crippen LogP contribution in [0.1, 0.15) is 24.0 Å². The molecule has 1 aliphatic heterocycles. The van der Waals surface area contributed by atoms with Crippen LogP contribution in [0.3, 0.4) is 0 Å². The number of hydrogen-bond acceptors (Lipinski definition) is 5. The third kappa shape index (κ3) is 5.85. The molecule has 4 nitrogen and oxygen atoms in total. The number of carbonyl (C=O) groups is 1. The van der Waals surface area contributed by atoms with Gasteiger partial charge in [0.05, 0.1) is 11.6 Å². The standard InChI is InChI=1S/C23H21F3N2O2S2/c24-23(25,26)17-3-1-4-19(13-17)30-18-8-6-16(7-9-18)14-27-22(29)21-5-2-11-28(21)32-20-10-12-31-15-20/h1,3-4,6-10,12-13,15,21H,2,5,11,14H2,(H,27,29). The van der Waals surface area contributed by atoms with E-state index in [0.717, 1.165) is 42.0 Å². The molecule has 0 radical (unpaired) electrons. The first-order valence-electron chi connectivity index (χ1n) is 10.1. The lowest BCUT2D eigenvalue weighted by molar-refractivity contribution is -0.137. The highest BCUT2D eigenvalue weighted by Gasteiger charge is 2.32. The molecule has 0 bridgehead atoms. The third-order valence-electron chi connectivity index (χ3n) is 5.01. The minimum absolute atomic E-state index is 0.00507. The predicted molar refractivity (Wildman–Crippen MR) is 120 cm³/mol. The fourth-order valence-electron chi connectivity index (χ4n) is 3.41. The molecular weight excluding hydrogens is 457 g/mol. The first kappa shape index (κ1) is 22.7. The largest absolute Gasteiger partial charge is 0.457 e. The molecule has 0 aliphatic carbocycles. The van der Waals surface area contributed by atoms with E-state index in [1.54, 1.807) is 47.6 Å². The first-order chi connectivity index (χ1) is 15.4. The van der Waals surface area contributed by atoms with Gasteiger partial charge in [-0.25, -0.2) is 4.31 Å². The van der Waals surface area contributed by atoms with E-state index in [-0.39, 0.29) is 17.7 Å². The number of halogens is 3. The second kappa shape index (κ2) is 9.97. The van der Waals surface area contributed by atoms with Gasteiger partial charge >= 0.3 is 6.18 Å². The van der Waals surface area contributed by atoms with Crippen LogP contribution in [-0.4, -0.2) is 22.8 Å². The van der Waals surface area contributed by atoms with Gasteiger partial charge in [-0.15, -0.1) is 0 Å². The fraction of sp³-hybridized carbons (Fsp3) is 0.261. The van der Waals surface area contributed by atoms with E-state index in [1.807, 2.05) is 11.4 Å². The van der Waals surface area contributed by atoms with Crippen LogP contribution in [0.5, 0.6) is 11.5 Å². The van der Waals surface area contributed by atoms with Gasteiger partial charge in [0.2, 0.25) is 5.91 Å². The lowest BCUT2D eigenvalue weighted by atomic mass is 10.2. The van der Waals surface area contributed by atoms with E-state index in [1.165, 1.54) is 12.1 Å². The second-order valence-electron chi connectivity index (χ2n) is 7.34. The van der Waals surface area contributed by atoms with Crippen LogP contribution in [-0.2, 0) is 17.5 Å². The molecule has 32 heavy (non-hydrogen) atoms. The van der Waals surface area contributed by atoms with E-state index in [4.69, 9.17) is 4.74 Å². The molecular formula is C23H21F3N2O2S2. The van der Waals surface area contributed by atoms with Gasteiger partial charge in [0.1, 0.15) is 11.5 Å². The van der Waals surface area contributed by atoms with Crippen molar-refractivity contribution >= 4 is 29.2 Å². The summed E-state index contributed by atoms with van der Waals surface area (Å²) in [5.41, 5.74) is 0.122. The molecule has 3 aromatic rings. The van der Waals surface area contributed by atoms with E-state index in [9.17, 15) is 18.0 Å². The van der Waals surface area contributed by atoms with Crippen molar-refractivity contribution in [2.24, 2.45) is 0 Å². The van der Waals surface area contributed by atoms with Crippen molar-refractivity contribution in [3.8, 4) is 11.5 Å². The number of hydrogen-bond donors (Lipinski definition) is 1. The number of amides is 1. The van der Waals surface area contributed by atoms with Gasteiger partial charge in [0, 0.05) is 23.4 Å². The fourth-order valence-corrected chi connectivity index (χ4v) is 5.29. The maximum absolute atomic E-state index is 12.8. The van der Waals surface area contributed by atoms with Crippen molar-refractivity contribution in [3.05, 3.63) is 76.5 Å². The Kier molecular flexibility index (Phi) is 7.07. The normalized spacial score (nSPS) is 16.8. The predicted octanol–water partition coefficient (Wildman–Crippen LogP) is 6.35. The third-order valence-corrected chi connectivity index (χ3v) is 6.98. The molecule has 1 amide bonds. The van der Waals surface area contributed by atoms with Crippen LogP contribution in [0.2, 0.25) is 0 Å². The van der Waals surface area contributed by atoms with Crippen LogP contribution < -0.4 is 10.1 Å². The Bertz CT molecular complexity index is 1040. The molecule has 1 fully saturated rings. The van der Waals surface area contributed by atoms with Gasteiger partial charge in [-0.2, -0.15) is 24.5 Å². The number of ether oxygens (including phenoxy) is 1. The summed E-state index contributed by atoms with van der Waals surface area (Å²) in [7, 11) is 0. The summed E-state index contributed by atoms with van der Waals surface area (Å²) >= 11 is 3.25. The molecule has 1 saturated heterocycles. The molecule has 0 saturated carbocycles. The zero-order chi connectivity index (χ0) is 22.6. The summed E-state index contributed by atoms with van der Waals surface area (Å²) in [6.45, 7) is 1.25. The number of alkyl halides is 3. The molecule has 1 aromatic heterocycles. The highest BCUT2D eigenvalue weighted by molar-refractivity contribution is 7.97. The lowest BCUT2D eigenvalue weighted by Gasteiger charge is -2.22. The summed E-state index contributed by atoms with van der Waals surface area (Å²) in [4.78, 5) is 13.8. The molecule has 1 unspecified atom stereocenters. The van der Waals surface area contributed by atoms with Gasteiger partial charge in [0.25, 0.3) is 0 Å². The van der Waals surface area contributed by atoms with Crippen molar-refractivity contribution in [2.45, 2.75) is 36.5 Å². The van der Waals surface area contributed by atoms with Crippen molar-refractivity contribution in [3.63, 3.8) is 0 Å². The number of nitrogens with one attached hydrogen (secondary N) is 1. The minimum Gasteiger partial charge on any atom is -0.457 e. The Morgan fingerprint density at radius 3 is 2.69 bits per heavy atom. The van der Waals surface area contributed by atoms with E-state index in [0.29, 0.717) is 12.3 Å². The van der Waals surface area contributed by atoms with E-state index in [2.05, 4.69) is 15.0 Å². The molecule has 2 heterocycles. The monoisotopic (exact) mass is 478 g/mol. The average molecular weight is 479 g/mol. The van der Waals surface area contributed by atoms with Crippen molar-refractivity contribution in [1.29, 1.82) is 0 Å². The SMILES string of the molecule is O=C(NCc1ccc(Oc2cccc(C(F)(F)F)c2)cc1)C1CCCN1Sc1ccsc1. The van der Waals surface area contributed by atoms with Crippen LogP contribution in [0.4, 0.5) is 13.2 Å². The maximum atomic E-state index is 12.8. The van der Waals surface area contributed by atoms with Gasteiger partial charge in [-0.1, -0.05) is 18.2 Å². The zero-order valence-electron chi connectivity index (χ0n) is 17.0. The van der Waals surface area contributed by atoms with Gasteiger partial charge in [-0.05, 0) is 72.1 Å².